The maximum absolute atomic E-state index is 13.3. The third-order valence-electron chi connectivity index (χ3n) is 2.34. The Morgan fingerprint density at radius 3 is 2.56 bits per heavy atom. The SMILES string of the molecule is O=C(CSc1ccccc1F)c1cccc(F)c1. The van der Waals surface area contributed by atoms with Crippen molar-refractivity contribution < 1.29 is 13.6 Å². The van der Waals surface area contributed by atoms with E-state index in [1.54, 1.807) is 24.3 Å². The van der Waals surface area contributed by atoms with Crippen LogP contribution in [0, 0.1) is 11.6 Å². The Kier molecular flexibility index (Phi) is 4.10. The molecule has 0 aromatic heterocycles. The van der Waals surface area contributed by atoms with Crippen molar-refractivity contribution in [2.24, 2.45) is 0 Å². The molecule has 0 fully saturated rings. The Morgan fingerprint density at radius 1 is 1.06 bits per heavy atom. The molecular formula is C14H10F2OS. The Balaban J connectivity index is 2.03. The number of ketones is 1. The van der Waals surface area contributed by atoms with Crippen molar-refractivity contribution in [1.29, 1.82) is 0 Å². The van der Waals surface area contributed by atoms with Gasteiger partial charge >= 0.3 is 0 Å². The number of carbonyl (C=O) groups excluding carboxylic acids is 1. The predicted molar refractivity (Wildman–Crippen MR) is 67.9 cm³/mol. The van der Waals surface area contributed by atoms with E-state index in [-0.39, 0.29) is 17.4 Å². The van der Waals surface area contributed by atoms with Crippen molar-refractivity contribution in [2.75, 3.05) is 5.75 Å². The molecule has 0 aliphatic carbocycles. The summed E-state index contributed by atoms with van der Waals surface area (Å²) in [5.41, 5.74) is 0.304. The maximum atomic E-state index is 13.3. The van der Waals surface area contributed by atoms with E-state index in [0.717, 1.165) is 11.8 Å². The molecule has 0 amide bonds. The van der Waals surface area contributed by atoms with Crippen LogP contribution in [0.2, 0.25) is 0 Å². The highest BCUT2D eigenvalue weighted by atomic mass is 32.2. The van der Waals surface area contributed by atoms with Gasteiger partial charge < -0.3 is 0 Å². The van der Waals surface area contributed by atoms with E-state index in [1.165, 1.54) is 24.3 Å². The van der Waals surface area contributed by atoms with Gasteiger partial charge in [-0.3, -0.25) is 4.79 Å². The first-order valence-electron chi connectivity index (χ1n) is 5.33. The summed E-state index contributed by atoms with van der Waals surface area (Å²) in [5.74, 6) is -0.932. The summed E-state index contributed by atoms with van der Waals surface area (Å²) in [4.78, 5) is 12.2. The monoisotopic (exact) mass is 264 g/mol. The smallest absolute Gasteiger partial charge is 0.173 e. The fourth-order valence-corrected chi connectivity index (χ4v) is 2.28. The first-order valence-corrected chi connectivity index (χ1v) is 6.31. The first-order chi connectivity index (χ1) is 8.66. The van der Waals surface area contributed by atoms with E-state index in [4.69, 9.17) is 0 Å². The van der Waals surface area contributed by atoms with E-state index in [1.807, 2.05) is 0 Å². The highest BCUT2D eigenvalue weighted by Crippen LogP contribution is 2.22. The maximum Gasteiger partial charge on any atom is 0.173 e. The molecule has 0 spiro atoms. The average Bonchev–Trinajstić information content (AvgIpc) is 2.37. The number of rotatable bonds is 4. The van der Waals surface area contributed by atoms with E-state index < -0.39 is 5.82 Å². The normalized spacial score (nSPS) is 10.3. The summed E-state index contributed by atoms with van der Waals surface area (Å²) >= 11 is 1.11. The molecular weight excluding hydrogens is 254 g/mol. The Labute approximate surface area is 108 Å². The second kappa shape index (κ2) is 5.78. The van der Waals surface area contributed by atoms with Gasteiger partial charge in [-0.25, -0.2) is 8.78 Å². The fourth-order valence-electron chi connectivity index (χ4n) is 1.45. The lowest BCUT2D eigenvalue weighted by Crippen LogP contribution is -2.02. The molecule has 0 bridgehead atoms. The molecule has 2 rings (SSSR count). The lowest BCUT2D eigenvalue weighted by molar-refractivity contribution is 0.102. The zero-order valence-corrected chi connectivity index (χ0v) is 10.2. The fraction of sp³-hybridized carbons (Fsp3) is 0.0714. The molecule has 4 heteroatoms. The molecule has 18 heavy (non-hydrogen) atoms. The summed E-state index contributed by atoms with van der Waals surface area (Å²) in [6.45, 7) is 0. The van der Waals surface area contributed by atoms with Crippen molar-refractivity contribution in [3.05, 3.63) is 65.7 Å². The van der Waals surface area contributed by atoms with Crippen LogP contribution in [0.15, 0.2) is 53.4 Å². The van der Waals surface area contributed by atoms with Gasteiger partial charge in [0.2, 0.25) is 0 Å². The average molecular weight is 264 g/mol. The molecule has 2 aromatic rings. The molecule has 0 aliphatic heterocycles. The third-order valence-corrected chi connectivity index (χ3v) is 3.39. The second-order valence-corrected chi connectivity index (χ2v) is 4.67. The van der Waals surface area contributed by atoms with Crippen LogP contribution in [-0.2, 0) is 0 Å². The molecule has 0 N–H and O–H groups in total. The summed E-state index contributed by atoms with van der Waals surface area (Å²) < 4.78 is 26.3. The number of benzene rings is 2. The zero-order valence-electron chi connectivity index (χ0n) is 9.40. The molecule has 92 valence electrons. The minimum absolute atomic E-state index is 0.0877. The van der Waals surface area contributed by atoms with Crippen molar-refractivity contribution in [2.45, 2.75) is 4.90 Å². The topological polar surface area (TPSA) is 17.1 Å². The van der Waals surface area contributed by atoms with Gasteiger partial charge in [-0.1, -0.05) is 24.3 Å². The first kappa shape index (κ1) is 12.8. The van der Waals surface area contributed by atoms with Gasteiger partial charge in [0.15, 0.2) is 5.78 Å². The predicted octanol–water partition coefficient (Wildman–Crippen LogP) is 3.94. The molecule has 0 radical (unpaired) electrons. The lowest BCUT2D eigenvalue weighted by atomic mass is 10.1. The molecule has 0 atom stereocenters. The van der Waals surface area contributed by atoms with E-state index in [2.05, 4.69) is 0 Å². The van der Waals surface area contributed by atoms with Crippen molar-refractivity contribution in [3.8, 4) is 0 Å². The van der Waals surface area contributed by atoms with Gasteiger partial charge in [-0.05, 0) is 24.3 Å². The quantitative estimate of drug-likeness (QED) is 0.614. The number of halogens is 2. The molecule has 0 unspecified atom stereocenters. The highest BCUT2D eigenvalue weighted by molar-refractivity contribution is 8.00. The number of Topliss-reactive ketones (excluding diaryl/α,β-unsaturated/α-hetero) is 1. The van der Waals surface area contributed by atoms with Gasteiger partial charge in [-0.15, -0.1) is 11.8 Å². The van der Waals surface area contributed by atoms with Gasteiger partial charge in [0.1, 0.15) is 11.6 Å². The number of thioether (sulfide) groups is 1. The van der Waals surface area contributed by atoms with Crippen LogP contribution < -0.4 is 0 Å². The lowest BCUT2D eigenvalue weighted by Gasteiger charge is -2.03. The Hall–Kier alpha value is -1.68. The van der Waals surface area contributed by atoms with Crippen LogP contribution in [0.3, 0.4) is 0 Å². The summed E-state index contributed by atoms with van der Waals surface area (Å²) in [6, 6.07) is 11.7. The number of carbonyl (C=O) groups is 1. The van der Waals surface area contributed by atoms with Crippen LogP contribution in [0.25, 0.3) is 0 Å². The molecule has 0 aliphatic rings. The zero-order chi connectivity index (χ0) is 13.0. The summed E-state index contributed by atoms with van der Waals surface area (Å²) in [7, 11) is 0. The van der Waals surface area contributed by atoms with Crippen LogP contribution in [0.4, 0.5) is 8.78 Å². The minimum atomic E-state index is -0.447. The third kappa shape index (κ3) is 3.17. The molecule has 2 aromatic carbocycles. The number of hydrogen-bond donors (Lipinski definition) is 0. The largest absolute Gasteiger partial charge is 0.293 e. The summed E-state index contributed by atoms with van der Waals surface area (Å²) in [5, 5.41) is 0. The van der Waals surface area contributed by atoms with Crippen molar-refractivity contribution >= 4 is 17.5 Å². The molecule has 0 saturated heterocycles. The standard InChI is InChI=1S/C14H10F2OS/c15-11-5-3-4-10(8-11)13(17)9-18-14-7-2-1-6-12(14)16/h1-8H,9H2. The van der Waals surface area contributed by atoms with Crippen LogP contribution in [0.5, 0.6) is 0 Å². The Bertz CT molecular complexity index is 569. The van der Waals surface area contributed by atoms with Crippen LogP contribution in [-0.4, -0.2) is 11.5 Å². The van der Waals surface area contributed by atoms with E-state index >= 15 is 0 Å². The molecule has 0 saturated carbocycles. The van der Waals surface area contributed by atoms with E-state index in [0.29, 0.717) is 10.5 Å². The van der Waals surface area contributed by atoms with E-state index in [9.17, 15) is 13.6 Å². The van der Waals surface area contributed by atoms with Crippen molar-refractivity contribution in [3.63, 3.8) is 0 Å². The summed E-state index contributed by atoms with van der Waals surface area (Å²) in [6.07, 6.45) is 0. The minimum Gasteiger partial charge on any atom is -0.293 e. The van der Waals surface area contributed by atoms with Crippen LogP contribution >= 0.6 is 11.8 Å². The molecule has 0 heterocycles. The Morgan fingerprint density at radius 2 is 1.83 bits per heavy atom. The van der Waals surface area contributed by atoms with Gasteiger partial charge in [0.05, 0.1) is 5.75 Å². The van der Waals surface area contributed by atoms with Gasteiger partial charge in [0.25, 0.3) is 0 Å². The van der Waals surface area contributed by atoms with Crippen LogP contribution in [0.1, 0.15) is 10.4 Å². The van der Waals surface area contributed by atoms with Gasteiger partial charge in [-0.2, -0.15) is 0 Å². The van der Waals surface area contributed by atoms with Gasteiger partial charge in [0, 0.05) is 10.5 Å². The van der Waals surface area contributed by atoms with Crippen molar-refractivity contribution in [1.82, 2.24) is 0 Å². The molecule has 1 nitrogen and oxygen atoms in total. The highest BCUT2D eigenvalue weighted by Gasteiger charge is 2.09. The second-order valence-electron chi connectivity index (χ2n) is 3.65. The number of hydrogen-bond acceptors (Lipinski definition) is 2.